The molecule has 1 aromatic carbocycles. The van der Waals surface area contributed by atoms with Gasteiger partial charge in [-0.2, -0.15) is 10.2 Å². The Balaban J connectivity index is 1.89. The van der Waals surface area contributed by atoms with E-state index in [1.165, 1.54) is 34.6 Å². The highest BCUT2D eigenvalue weighted by Gasteiger charge is 2.38. The monoisotopic (exact) mass is 564 g/mol. The summed E-state index contributed by atoms with van der Waals surface area (Å²) < 4.78 is 28.8. The van der Waals surface area contributed by atoms with Gasteiger partial charge in [-0.15, -0.1) is 0 Å². The molecule has 41 heavy (non-hydrogen) atoms. The normalized spacial score (nSPS) is 15.8. The molecule has 0 saturated heterocycles. The Morgan fingerprint density at radius 2 is 2.02 bits per heavy atom. The SMILES string of the molecule is [B]C1([B])c2cn(C)nc2-c2ccc(F)cc2[C@@H](C)Oc2cc(cnc2NC(=O)OCC)-c2c1c(Cl)nn2C([B])([B])C. The largest absolute Gasteiger partial charge is 0.482 e. The van der Waals surface area contributed by atoms with E-state index in [4.69, 9.17) is 52.5 Å². The second-order valence-corrected chi connectivity index (χ2v) is 10.4. The Bertz CT molecular complexity index is 1670. The molecule has 200 valence electrons. The van der Waals surface area contributed by atoms with E-state index < -0.39 is 28.6 Å². The molecule has 1 N–H and O–H groups in total. The van der Waals surface area contributed by atoms with Gasteiger partial charge in [0.05, 0.1) is 49.4 Å². The fraction of sp³-hybridized carbons (Fsp3) is 0.308. The number of anilines is 1. The standard InChI is InChI=1S/C26H22B4ClFN6O3/c1-5-40-24(39)34-23-18-8-13(10-33-23)21-19(22(31)36-38(21)25(3,27)28)26(29,30)17-11-37(4)35-20(17)15-7-6-14(32)9-16(15)12(2)41-18/h6-12H,5H2,1-4H3,(H,33,34,39)/t12-/m1/s1. The third-order valence-corrected chi connectivity index (χ3v) is 6.88. The number of ether oxygens (including phenoxy) is 2. The molecule has 1 amide bonds. The first-order valence-electron chi connectivity index (χ1n) is 12.6. The number of carbonyl (C=O) groups excluding carboxylic acids is 1. The Hall–Kier alpha value is -3.66. The fourth-order valence-electron chi connectivity index (χ4n) is 4.86. The molecule has 4 heterocycles. The van der Waals surface area contributed by atoms with Gasteiger partial charge < -0.3 is 9.47 Å². The van der Waals surface area contributed by atoms with Crippen LogP contribution in [-0.2, 0) is 22.3 Å². The molecule has 1 aliphatic rings. The predicted molar refractivity (Wildman–Crippen MR) is 156 cm³/mol. The molecule has 15 heteroatoms. The third kappa shape index (κ3) is 5.14. The van der Waals surface area contributed by atoms with E-state index in [2.05, 4.69) is 20.5 Å². The van der Waals surface area contributed by atoms with E-state index >= 15 is 0 Å². The zero-order valence-corrected chi connectivity index (χ0v) is 23.5. The highest BCUT2D eigenvalue weighted by molar-refractivity contribution is 6.45. The average molecular weight is 564 g/mol. The van der Waals surface area contributed by atoms with Crippen LogP contribution < -0.4 is 10.1 Å². The van der Waals surface area contributed by atoms with E-state index in [0.29, 0.717) is 27.9 Å². The number of benzene rings is 1. The molecule has 8 radical (unpaired) electrons. The summed E-state index contributed by atoms with van der Waals surface area (Å²) >= 11 is 6.70. The average Bonchev–Trinajstić information content (AvgIpc) is 3.45. The molecule has 0 fully saturated rings. The number of pyridine rings is 1. The van der Waals surface area contributed by atoms with Crippen LogP contribution in [0.1, 0.15) is 43.6 Å². The van der Waals surface area contributed by atoms with Gasteiger partial charge in [0.2, 0.25) is 0 Å². The van der Waals surface area contributed by atoms with Gasteiger partial charge in [-0.05, 0) is 54.2 Å². The van der Waals surface area contributed by atoms with E-state index in [1.807, 2.05) is 0 Å². The molecule has 0 aliphatic carbocycles. The second kappa shape index (κ2) is 10.3. The van der Waals surface area contributed by atoms with Crippen molar-refractivity contribution >= 4 is 54.9 Å². The van der Waals surface area contributed by atoms with Gasteiger partial charge >= 0.3 is 6.09 Å². The number of halogens is 2. The zero-order valence-electron chi connectivity index (χ0n) is 22.8. The van der Waals surface area contributed by atoms with Crippen LogP contribution in [0.5, 0.6) is 5.75 Å². The van der Waals surface area contributed by atoms with Crippen molar-refractivity contribution in [3.63, 3.8) is 0 Å². The quantitative estimate of drug-likeness (QED) is 0.382. The van der Waals surface area contributed by atoms with Crippen molar-refractivity contribution in [1.29, 1.82) is 0 Å². The maximum Gasteiger partial charge on any atom is 0.412 e. The molecule has 1 aliphatic heterocycles. The molecule has 3 aromatic heterocycles. The van der Waals surface area contributed by atoms with Crippen LogP contribution in [0.4, 0.5) is 15.0 Å². The lowest BCUT2D eigenvalue weighted by Crippen LogP contribution is -2.34. The van der Waals surface area contributed by atoms with Gasteiger partial charge in [0.25, 0.3) is 0 Å². The molecule has 0 spiro atoms. The number of aryl methyl sites for hydroxylation is 1. The van der Waals surface area contributed by atoms with Crippen molar-refractivity contribution in [3.8, 4) is 28.3 Å². The molecule has 0 unspecified atom stereocenters. The van der Waals surface area contributed by atoms with Crippen LogP contribution in [-0.4, -0.2) is 68.6 Å². The first kappa shape index (κ1) is 28.9. The van der Waals surface area contributed by atoms with Crippen LogP contribution in [0.2, 0.25) is 5.15 Å². The van der Waals surface area contributed by atoms with Crippen LogP contribution in [0.3, 0.4) is 0 Å². The summed E-state index contributed by atoms with van der Waals surface area (Å²) in [7, 11) is 28.1. The highest BCUT2D eigenvalue weighted by Crippen LogP contribution is 2.46. The topological polar surface area (TPSA) is 96.1 Å². The first-order valence-corrected chi connectivity index (χ1v) is 13.0. The summed E-state index contributed by atoms with van der Waals surface area (Å²) in [5.41, 5.74) is 2.48. The van der Waals surface area contributed by atoms with Gasteiger partial charge in [0, 0.05) is 41.7 Å². The molecule has 1 atom stereocenters. The Morgan fingerprint density at radius 1 is 1.29 bits per heavy atom. The van der Waals surface area contributed by atoms with Crippen LogP contribution in [0.25, 0.3) is 22.5 Å². The van der Waals surface area contributed by atoms with Gasteiger partial charge in [-0.25, -0.2) is 14.2 Å². The molecule has 5 rings (SSSR count). The van der Waals surface area contributed by atoms with Crippen molar-refractivity contribution in [3.05, 3.63) is 64.3 Å². The van der Waals surface area contributed by atoms with Crippen molar-refractivity contribution in [1.82, 2.24) is 24.5 Å². The number of hydrogen-bond acceptors (Lipinski definition) is 6. The molecular weight excluding hydrogens is 542 g/mol. The summed E-state index contributed by atoms with van der Waals surface area (Å²) in [6.45, 7) is 5.04. The van der Waals surface area contributed by atoms with Gasteiger partial charge in [0.1, 0.15) is 11.9 Å². The fourth-order valence-corrected chi connectivity index (χ4v) is 5.18. The summed E-state index contributed by atoms with van der Waals surface area (Å²) in [6, 6.07) is 5.77. The minimum atomic E-state index is -1.81. The number of fused-ring (bicyclic) bond motifs is 7. The van der Waals surface area contributed by atoms with E-state index in [9.17, 15) is 9.18 Å². The van der Waals surface area contributed by atoms with Crippen molar-refractivity contribution in [2.24, 2.45) is 7.05 Å². The van der Waals surface area contributed by atoms with Gasteiger partial charge in [-0.3, -0.25) is 14.7 Å². The summed E-state index contributed by atoms with van der Waals surface area (Å²) in [5.74, 6) is -0.337. The highest BCUT2D eigenvalue weighted by atomic mass is 35.5. The maximum atomic E-state index is 14.6. The van der Waals surface area contributed by atoms with Crippen molar-refractivity contribution in [2.75, 3.05) is 11.9 Å². The summed E-state index contributed by atoms with van der Waals surface area (Å²) in [4.78, 5) is 16.7. The van der Waals surface area contributed by atoms with Crippen LogP contribution in [0, 0.1) is 5.82 Å². The molecule has 9 nitrogen and oxygen atoms in total. The molecular formula is C26H22B4ClFN6O3. The lowest BCUT2D eigenvalue weighted by atomic mass is 9.47. The molecule has 2 bridgehead atoms. The number of nitrogens with one attached hydrogen (secondary N) is 1. The zero-order chi connectivity index (χ0) is 29.9. The molecule has 0 saturated carbocycles. The predicted octanol–water partition coefficient (Wildman–Crippen LogP) is 3.67. The maximum absolute atomic E-state index is 14.6. The summed E-state index contributed by atoms with van der Waals surface area (Å²) in [5, 5.41) is 8.14. The van der Waals surface area contributed by atoms with Gasteiger partial charge in [-0.1, -0.05) is 18.5 Å². The van der Waals surface area contributed by atoms with Crippen molar-refractivity contribution < 1.29 is 18.7 Å². The number of amides is 1. The lowest BCUT2D eigenvalue weighted by molar-refractivity contribution is 0.167. The van der Waals surface area contributed by atoms with Crippen LogP contribution in [0.15, 0.2) is 36.7 Å². The Morgan fingerprint density at radius 3 is 2.71 bits per heavy atom. The number of aromatic nitrogens is 5. The Kier molecular flexibility index (Phi) is 7.26. The lowest BCUT2D eigenvalue weighted by Gasteiger charge is -2.31. The first-order chi connectivity index (χ1) is 19.2. The van der Waals surface area contributed by atoms with E-state index in [-0.39, 0.29) is 34.6 Å². The van der Waals surface area contributed by atoms with Gasteiger partial charge in [0.15, 0.2) is 16.7 Å². The second-order valence-electron chi connectivity index (χ2n) is 9.99. The number of carbonyl (C=O) groups is 1. The van der Waals surface area contributed by atoms with Crippen LogP contribution >= 0.6 is 11.6 Å². The number of hydrogen-bond donors (Lipinski definition) is 1. The smallest absolute Gasteiger partial charge is 0.412 e. The number of nitrogens with zero attached hydrogens (tertiary/aromatic N) is 5. The summed E-state index contributed by atoms with van der Waals surface area (Å²) in [6.07, 6.45) is 1.56. The third-order valence-electron chi connectivity index (χ3n) is 6.62. The minimum Gasteiger partial charge on any atom is -0.482 e. The van der Waals surface area contributed by atoms with E-state index in [1.54, 1.807) is 39.2 Å². The Labute approximate surface area is 246 Å². The molecule has 4 aromatic rings. The van der Waals surface area contributed by atoms with E-state index in [0.717, 1.165) is 0 Å². The number of rotatable bonds is 3. The minimum absolute atomic E-state index is 0.0429. The van der Waals surface area contributed by atoms with Crippen molar-refractivity contribution in [2.45, 2.75) is 37.4 Å².